The molecule has 30 heavy (non-hydrogen) atoms. The van der Waals surface area contributed by atoms with Gasteiger partial charge in [-0.2, -0.15) is 0 Å². The molecule has 3 heterocycles. The van der Waals surface area contributed by atoms with E-state index in [1.165, 1.54) is 4.88 Å². The topological polar surface area (TPSA) is 65.5 Å². The molecule has 6 nitrogen and oxygen atoms in total. The van der Waals surface area contributed by atoms with E-state index in [1.54, 1.807) is 58.8 Å². The standard InChI is InChI=1S/C23H24N4O2S/c1-26(2)21-18(6-5-13-24-21)22(28)25-17-10-8-16(9-11-17)23(29)27-14-4-3-7-20-19(27)12-15-30-20/h5-6,8-13,15H,3-4,7,14H2,1-2H3,(H,25,28). The van der Waals surface area contributed by atoms with Crippen molar-refractivity contribution in [2.75, 3.05) is 35.8 Å². The van der Waals surface area contributed by atoms with E-state index in [0.717, 1.165) is 31.5 Å². The minimum absolute atomic E-state index is 0.00317. The zero-order valence-electron chi connectivity index (χ0n) is 17.1. The summed E-state index contributed by atoms with van der Waals surface area (Å²) in [6, 6.07) is 12.6. The highest BCUT2D eigenvalue weighted by Crippen LogP contribution is 2.32. The van der Waals surface area contributed by atoms with Gasteiger partial charge < -0.3 is 15.1 Å². The van der Waals surface area contributed by atoms with Gasteiger partial charge in [-0.05, 0) is 67.1 Å². The Morgan fingerprint density at radius 2 is 1.90 bits per heavy atom. The maximum absolute atomic E-state index is 13.1. The third kappa shape index (κ3) is 4.07. The average Bonchev–Trinajstić information content (AvgIpc) is 3.13. The van der Waals surface area contributed by atoms with E-state index < -0.39 is 0 Å². The molecule has 2 amide bonds. The number of benzene rings is 1. The first kappa shape index (κ1) is 20.1. The molecule has 0 radical (unpaired) electrons. The van der Waals surface area contributed by atoms with Crippen LogP contribution in [0.15, 0.2) is 54.0 Å². The summed E-state index contributed by atoms with van der Waals surface area (Å²) in [5, 5.41) is 4.94. The number of aryl methyl sites for hydroxylation is 1. The number of thiophene rings is 1. The van der Waals surface area contributed by atoms with Gasteiger partial charge in [-0.15, -0.1) is 11.3 Å². The molecule has 4 rings (SSSR count). The Morgan fingerprint density at radius 3 is 2.67 bits per heavy atom. The van der Waals surface area contributed by atoms with Crippen molar-refractivity contribution in [1.82, 2.24) is 4.98 Å². The zero-order chi connectivity index (χ0) is 21.1. The second-order valence-corrected chi connectivity index (χ2v) is 8.44. The number of nitrogens with one attached hydrogen (secondary N) is 1. The first-order chi connectivity index (χ1) is 14.5. The number of fused-ring (bicyclic) bond motifs is 1. The Kier molecular flexibility index (Phi) is 5.81. The van der Waals surface area contributed by atoms with Crippen molar-refractivity contribution in [2.24, 2.45) is 0 Å². The molecule has 0 saturated heterocycles. The van der Waals surface area contributed by atoms with E-state index in [2.05, 4.69) is 15.7 Å². The highest BCUT2D eigenvalue weighted by molar-refractivity contribution is 7.10. The van der Waals surface area contributed by atoms with Gasteiger partial charge in [0.25, 0.3) is 11.8 Å². The Balaban J connectivity index is 1.50. The third-order valence-corrected chi connectivity index (χ3v) is 6.11. The first-order valence-corrected chi connectivity index (χ1v) is 10.8. The summed E-state index contributed by atoms with van der Waals surface area (Å²) in [6.45, 7) is 0.732. The lowest BCUT2D eigenvalue weighted by Gasteiger charge is -2.21. The van der Waals surface area contributed by atoms with Crippen LogP contribution < -0.4 is 15.1 Å². The smallest absolute Gasteiger partial charge is 0.259 e. The molecule has 0 spiro atoms. The molecule has 0 atom stereocenters. The van der Waals surface area contributed by atoms with Gasteiger partial charge in [-0.3, -0.25) is 9.59 Å². The average molecular weight is 421 g/mol. The summed E-state index contributed by atoms with van der Waals surface area (Å²) in [5.41, 5.74) is 2.78. The fourth-order valence-corrected chi connectivity index (χ4v) is 4.55. The maximum atomic E-state index is 13.1. The molecule has 3 aromatic rings. The molecule has 0 fully saturated rings. The Morgan fingerprint density at radius 1 is 1.10 bits per heavy atom. The molecule has 0 aliphatic carbocycles. The summed E-state index contributed by atoms with van der Waals surface area (Å²) in [5.74, 6) is 0.368. The van der Waals surface area contributed by atoms with E-state index >= 15 is 0 Å². The minimum Gasteiger partial charge on any atom is -0.362 e. The first-order valence-electron chi connectivity index (χ1n) is 9.96. The normalized spacial score (nSPS) is 13.3. The third-order valence-electron chi connectivity index (χ3n) is 5.14. The van der Waals surface area contributed by atoms with E-state index in [4.69, 9.17) is 0 Å². The number of anilines is 3. The minimum atomic E-state index is -0.235. The number of pyridine rings is 1. The van der Waals surface area contributed by atoms with Crippen molar-refractivity contribution in [1.29, 1.82) is 0 Å². The van der Waals surface area contributed by atoms with Crippen LogP contribution in [0.4, 0.5) is 17.2 Å². The Bertz CT molecular complexity index is 1060. The van der Waals surface area contributed by atoms with E-state index in [-0.39, 0.29) is 11.8 Å². The molecule has 1 N–H and O–H groups in total. The number of hydrogen-bond donors (Lipinski definition) is 1. The van der Waals surface area contributed by atoms with Gasteiger partial charge in [-0.1, -0.05) is 0 Å². The molecule has 7 heteroatoms. The summed E-state index contributed by atoms with van der Waals surface area (Å²) < 4.78 is 0. The fourth-order valence-electron chi connectivity index (χ4n) is 3.63. The second kappa shape index (κ2) is 8.67. The van der Waals surface area contributed by atoms with Crippen LogP contribution >= 0.6 is 11.3 Å². The Labute approximate surface area is 180 Å². The quantitative estimate of drug-likeness (QED) is 0.677. The van der Waals surface area contributed by atoms with Crippen LogP contribution in [0.5, 0.6) is 0 Å². The molecule has 0 bridgehead atoms. The van der Waals surface area contributed by atoms with Crippen LogP contribution in [-0.2, 0) is 6.42 Å². The largest absolute Gasteiger partial charge is 0.362 e. The number of aromatic nitrogens is 1. The van der Waals surface area contributed by atoms with Crippen molar-refractivity contribution in [3.8, 4) is 0 Å². The van der Waals surface area contributed by atoms with Gasteiger partial charge in [0.15, 0.2) is 0 Å². The second-order valence-electron chi connectivity index (χ2n) is 7.44. The highest BCUT2D eigenvalue weighted by Gasteiger charge is 2.23. The molecular weight excluding hydrogens is 396 g/mol. The van der Waals surface area contributed by atoms with Crippen molar-refractivity contribution < 1.29 is 9.59 Å². The molecule has 2 aromatic heterocycles. The summed E-state index contributed by atoms with van der Waals surface area (Å²) in [4.78, 5) is 35.0. The molecule has 154 valence electrons. The highest BCUT2D eigenvalue weighted by atomic mass is 32.1. The lowest BCUT2D eigenvalue weighted by atomic mass is 10.1. The van der Waals surface area contributed by atoms with E-state index in [1.807, 2.05) is 25.1 Å². The zero-order valence-corrected chi connectivity index (χ0v) is 17.9. The molecular formula is C23H24N4O2S. The van der Waals surface area contributed by atoms with Gasteiger partial charge >= 0.3 is 0 Å². The fraction of sp³-hybridized carbons (Fsp3) is 0.261. The van der Waals surface area contributed by atoms with E-state index in [0.29, 0.717) is 22.6 Å². The van der Waals surface area contributed by atoms with Crippen molar-refractivity contribution >= 4 is 40.3 Å². The van der Waals surface area contributed by atoms with Gasteiger partial charge in [0, 0.05) is 43.0 Å². The Hall–Kier alpha value is -3.19. The number of amides is 2. The SMILES string of the molecule is CN(C)c1ncccc1C(=O)Nc1ccc(C(=O)N2CCCCc3sccc32)cc1. The van der Waals surface area contributed by atoms with Crippen LogP contribution in [0, 0.1) is 0 Å². The molecule has 1 aliphatic rings. The monoisotopic (exact) mass is 420 g/mol. The lowest BCUT2D eigenvalue weighted by molar-refractivity contribution is 0.0986. The van der Waals surface area contributed by atoms with Crippen molar-refractivity contribution in [3.63, 3.8) is 0 Å². The predicted molar refractivity (Wildman–Crippen MR) is 122 cm³/mol. The number of hydrogen-bond acceptors (Lipinski definition) is 5. The lowest BCUT2D eigenvalue weighted by Crippen LogP contribution is -2.31. The summed E-state index contributed by atoms with van der Waals surface area (Å²) in [6.07, 6.45) is 4.80. The maximum Gasteiger partial charge on any atom is 0.259 e. The van der Waals surface area contributed by atoms with Gasteiger partial charge in [0.2, 0.25) is 0 Å². The van der Waals surface area contributed by atoms with Crippen LogP contribution in [0.25, 0.3) is 0 Å². The van der Waals surface area contributed by atoms with Crippen LogP contribution in [0.1, 0.15) is 38.4 Å². The van der Waals surface area contributed by atoms with Crippen LogP contribution in [-0.4, -0.2) is 37.4 Å². The summed E-state index contributed by atoms with van der Waals surface area (Å²) in [7, 11) is 3.70. The van der Waals surface area contributed by atoms with Crippen molar-refractivity contribution in [3.05, 3.63) is 70.0 Å². The van der Waals surface area contributed by atoms with Gasteiger partial charge in [0.05, 0.1) is 11.3 Å². The van der Waals surface area contributed by atoms with Gasteiger partial charge in [0.1, 0.15) is 5.82 Å². The number of carbonyl (C=O) groups excluding carboxylic acids is 2. The molecule has 1 aromatic carbocycles. The number of carbonyl (C=O) groups is 2. The summed E-state index contributed by atoms with van der Waals surface area (Å²) >= 11 is 1.72. The van der Waals surface area contributed by atoms with E-state index in [9.17, 15) is 9.59 Å². The van der Waals surface area contributed by atoms with Crippen LogP contribution in [0.3, 0.4) is 0 Å². The number of nitrogens with zero attached hydrogens (tertiary/aromatic N) is 3. The van der Waals surface area contributed by atoms with Crippen molar-refractivity contribution in [2.45, 2.75) is 19.3 Å². The van der Waals surface area contributed by atoms with Crippen LogP contribution in [0.2, 0.25) is 0 Å². The molecule has 1 aliphatic heterocycles. The number of rotatable bonds is 4. The van der Waals surface area contributed by atoms with Gasteiger partial charge in [-0.25, -0.2) is 4.98 Å². The molecule has 0 unspecified atom stereocenters. The molecule has 0 saturated carbocycles. The predicted octanol–water partition coefficient (Wildman–Crippen LogP) is 4.44.